The van der Waals surface area contributed by atoms with Gasteiger partial charge in [-0.15, -0.1) is 0 Å². The van der Waals surface area contributed by atoms with Crippen molar-refractivity contribution in [1.82, 2.24) is 5.43 Å². The van der Waals surface area contributed by atoms with Crippen molar-refractivity contribution in [3.8, 4) is 11.5 Å². The number of ether oxygens (including phenoxy) is 2. The minimum absolute atomic E-state index is 0.136. The molecule has 1 N–H and O–H groups in total. The van der Waals surface area contributed by atoms with E-state index in [1.165, 1.54) is 0 Å². The van der Waals surface area contributed by atoms with Crippen molar-refractivity contribution in [2.24, 2.45) is 5.10 Å². The van der Waals surface area contributed by atoms with E-state index in [0.29, 0.717) is 18.1 Å². The molecule has 5 heteroatoms. The summed E-state index contributed by atoms with van der Waals surface area (Å²) < 4.78 is 10.9. The molecule has 2 rings (SSSR count). The summed E-state index contributed by atoms with van der Waals surface area (Å²) in [5.41, 5.74) is 4.45. The number of rotatable bonds is 8. The van der Waals surface area contributed by atoms with E-state index in [2.05, 4.69) is 10.5 Å². The predicted molar refractivity (Wildman–Crippen MR) is 99.8 cm³/mol. The lowest BCUT2D eigenvalue weighted by Gasteiger charge is -2.10. The number of hydrazone groups is 1. The number of amides is 1. The minimum Gasteiger partial charge on any atom is -0.490 e. The molecular formula is C20H22N2O3. The SMILES string of the molecule is CCOc1ccccc1OCC(=O)N/N=C/C(C)=Cc1ccccc1. The van der Waals surface area contributed by atoms with Crippen molar-refractivity contribution >= 4 is 18.2 Å². The van der Waals surface area contributed by atoms with Gasteiger partial charge in [-0.25, -0.2) is 5.43 Å². The fraction of sp³-hybridized carbons (Fsp3) is 0.200. The Labute approximate surface area is 148 Å². The number of benzene rings is 2. The molecule has 0 aromatic heterocycles. The molecule has 5 nitrogen and oxygen atoms in total. The lowest BCUT2D eigenvalue weighted by Crippen LogP contribution is -2.24. The molecule has 0 fully saturated rings. The summed E-state index contributed by atoms with van der Waals surface area (Å²) in [5, 5.41) is 3.93. The van der Waals surface area contributed by atoms with Gasteiger partial charge < -0.3 is 9.47 Å². The summed E-state index contributed by atoms with van der Waals surface area (Å²) in [7, 11) is 0. The second-order valence-corrected chi connectivity index (χ2v) is 5.26. The minimum atomic E-state index is -0.338. The van der Waals surface area contributed by atoms with E-state index in [0.717, 1.165) is 11.1 Å². The smallest absolute Gasteiger partial charge is 0.277 e. The van der Waals surface area contributed by atoms with Crippen LogP contribution in [0, 0.1) is 0 Å². The quantitative estimate of drug-likeness (QED) is 0.590. The first-order valence-corrected chi connectivity index (χ1v) is 8.09. The lowest BCUT2D eigenvalue weighted by atomic mass is 10.1. The number of nitrogens with zero attached hydrogens (tertiary/aromatic N) is 1. The van der Waals surface area contributed by atoms with Crippen LogP contribution in [0.4, 0.5) is 0 Å². The highest BCUT2D eigenvalue weighted by atomic mass is 16.5. The van der Waals surface area contributed by atoms with Crippen molar-refractivity contribution in [2.45, 2.75) is 13.8 Å². The molecule has 0 atom stereocenters. The summed E-state index contributed by atoms with van der Waals surface area (Å²) in [4.78, 5) is 11.8. The maximum absolute atomic E-state index is 11.8. The van der Waals surface area contributed by atoms with Crippen molar-refractivity contribution in [3.63, 3.8) is 0 Å². The van der Waals surface area contributed by atoms with Gasteiger partial charge in [0.2, 0.25) is 0 Å². The summed E-state index contributed by atoms with van der Waals surface area (Å²) in [5.74, 6) is 0.807. The zero-order chi connectivity index (χ0) is 17.9. The van der Waals surface area contributed by atoms with Crippen LogP contribution in [0.2, 0.25) is 0 Å². The van der Waals surface area contributed by atoms with Crippen molar-refractivity contribution in [1.29, 1.82) is 0 Å². The normalized spacial score (nSPS) is 11.4. The molecule has 0 heterocycles. The van der Waals surface area contributed by atoms with E-state index in [9.17, 15) is 4.79 Å². The predicted octanol–water partition coefficient (Wildman–Crippen LogP) is 3.67. The fourth-order valence-electron chi connectivity index (χ4n) is 2.08. The zero-order valence-corrected chi connectivity index (χ0v) is 14.4. The molecule has 1 amide bonds. The van der Waals surface area contributed by atoms with Crippen LogP contribution in [-0.2, 0) is 4.79 Å². The van der Waals surface area contributed by atoms with E-state index < -0.39 is 0 Å². The van der Waals surface area contributed by atoms with Crippen LogP contribution < -0.4 is 14.9 Å². The molecule has 0 saturated heterocycles. The fourth-order valence-corrected chi connectivity index (χ4v) is 2.08. The third-order valence-corrected chi connectivity index (χ3v) is 3.16. The first-order chi connectivity index (χ1) is 12.2. The summed E-state index contributed by atoms with van der Waals surface area (Å²) in [6, 6.07) is 17.1. The largest absolute Gasteiger partial charge is 0.490 e. The maximum atomic E-state index is 11.8. The van der Waals surface area contributed by atoms with Crippen molar-refractivity contribution in [3.05, 3.63) is 65.7 Å². The van der Waals surface area contributed by atoms with Crippen LogP contribution >= 0.6 is 0 Å². The maximum Gasteiger partial charge on any atom is 0.277 e. The van der Waals surface area contributed by atoms with Crippen LogP contribution in [0.15, 0.2) is 65.3 Å². The Morgan fingerprint density at radius 1 is 1.04 bits per heavy atom. The van der Waals surface area contributed by atoms with Gasteiger partial charge in [0.05, 0.1) is 12.8 Å². The van der Waals surface area contributed by atoms with Crippen LogP contribution in [-0.4, -0.2) is 25.3 Å². The van der Waals surface area contributed by atoms with Gasteiger partial charge in [0.15, 0.2) is 18.1 Å². The molecule has 0 bridgehead atoms. The summed E-state index contributed by atoms with van der Waals surface area (Å²) >= 11 is 0. The van der Waals surface area contributed by atoms with Gasteiger partial charge in [-0.2, -0.15) is 5.10 Å². The average Bonchev–Trinajstić information content (AvgIpc) is 2.62. The van der Waals surface area contributed by atoms with Crippen LogP contribution in [0.1, 0.15) is 19.4 Å². The topological polar surface area (TPSA) is 59.9 Å². The third kappa shape index (κ3) is 6.51. The van der Waals surface area contributed by atoms with Gasteiger partial charge >= 0.3 is 0 Å². The van der Waals surface area contributed by atoms with Crippen LogP contribution in [0.25, 0.3) is 6.08 Å². The van der Waals surface area contributed by atoms with Crippen molar-refractivity contribution in [2.75, 3.05) is 13.2 Å². The van der Waals surface area contributed by atoms with Gasteiger partial charge in [-0.05, 0) is 37.1 Å². The number of carbonyl (C=O) groups excluding carboxylic acids is 1. The molecule has 0 saturated carbocycles. The Morgan fingerprint density at radius 3 is 2.36 bits per heavy atom. The zero-order valence-electron chi connectivity index (χ0n) is 14.4. The Kier molecular flexibility index (Phi) is 7.25. The molecule has 0 aliphatic heterocycles. The second kappa shape index (κ2) is 9.93. The number of nitrogens with one attached hydrogen (secondary N) is 1. The van der Waals surface area contributed by atoms with Gasteiger partial charge in [-0.3, -0.25) is 4.79 Å². The van der Waals surface area contributed by atoms with Gasteiger partial charge in [-0.1, -0.05) is 48.5 Å². The van der Waals surface area contributed by atoms with E-state index in [1.807, 2.05) is 62.4 Å². The molecule has 0 aliphatic carbocycles. The molecule has 0 radical (unpaired) electrons. The Balaban J connectivity index is 1.82. The van der Waals surface area contributed by atoms with E-state index in [4.69, 9.17) is 9.47 Å². The van der Waals surface area contributed by atoms with Crippen molar-refractivity contribution < 1.29 is 14.3 Å². The first kappa shape index (κ1) is 18.3. The second-order valence-electron chi connectivity index (χ2n) is 5.26. The monoisotopic (exact) mass is 338 g/mol. The third-order valence-electron chi connectivity index (χ3n) is 3.16. The van der Waals surface area contributed by atoms with E-state index >= 15 is 0 Å². The molecule has 2 aromatic carbocycles. The molecule has 0 unspecified atom stereocenters. The highest BCUT2D eigenvalue weighted by Crippen LogP contribution is 2.26. The van der Waals surface area contributed by atoms with Gasteiger partial charge in [0.1, 0.15) is 0 Å². The molecule has 0 aliphatic rings. The van der Waals surface area contributed by atoms with Gasteiger partial charge in [0, 0.05) is 0 Å². The van der Waals surface area contributed by atoms with E-state index in [1.54, 1.807) is 18.3 Å². The Morgan fingerprint density at radius 2 is 1.68 bits per heavy atom. The van der Waals surface area contributed by atoms with Crippen LogP contribution in [0.5, 0.6) is 11.5 Å². The number of allylic oxidation sites excluding steroid dienone is 1. The number of hydrogen-bond acceptors (Lipinski definition) is 4. The highest BCUT2D eigenvalue weighted by Gasteiger charge is 2.06. The Hall–Kier alpha value is -3.08. The molecule has 0 spiro atoms. The van der Waals surface area contributed by atoms with Crippen LogP contribution in [0.3, 0.4) is 0 Å². The molecule has 130 valence electrons. The number of hydrogen-bond donors (Lipinski definition) is 1. The summed E-state index contributed by atoms with van der Waals surface area (Å²) in [6.45, 7) is 4.20. The summed E-state index contributed by atoms with van der Waals surface area (Å²) in [6.07, 6.45) is 3.57. The lowest BCUT2D eigenvalue weighted by molar-refractivity contribution is -0.123. The highest BCUT2D eigenvalue weighted by molar-refractivity contribution is 5.86. The van der Waals surface area contributed by atoms with Gasteiger partial charge in [0.25, 0.3) is 5.91 Å². The van der Waals surface area contributed by atoms with E-state index in [-0.39, 0.29) is 12.5 Å². The number of carbonyl (C=O) groups is 1. The Bertz CT molecular complexity index is 740. The average molecular weight is 338 g/mol. The molecule has 25 heavy (non-hydrogen) atoms. The molecular weight excluding hydrogens is 316 g/mol. The first-order valence-electron chi connectivity index (χ1n) is 8.09. The number of para-hydroxylation sites is 2. The standard InChI is InChI=1S/C20H22N2O3/c1-3-24-18-11-7-8-12-19(18)25-15-20(23)22-21-14-16(2)13-17-9-5-4-6-10-17/h4-14H,3,15H2,1-2H3,(H,22,23)/b16-13?,21-14+. The molecule has 2 aromatic rings.